The van der Waals surface area contributed by atoms with E-state index in [-0.39, 0.29) is 18.1 Å². The fourth-order valence-electron chi connectivity index (χ4n) is 2.70. The predicted octanol–water partition coefficient (Wildman–Crippen LogP) is 4.47. The number of aryl methyl sites for hydroxylation is 1. The number of halogens is 1. The number of amides is 1. The Kier molecular flexibility index (Phi) is 6.08. The normalized spacial score (nSPS) is 10.7. The van der Waals surface area contributed by atoms with Crippen molar-refractivity contribution in [3.8, 4) is 17.1 Å². The third kappa shape index (κ3) is 4.86. The summed E-state index contributed by atoms with van der Waals surface area (Å²) < 4.78 is 5.25. The third-order valence-corrected chi connectivity index (χ3v) is 4.25. The highest BCUT2D eigenvalue weighted by Crippen LogP contribution is 2.22. The molecule has 0 radical (unpaired) electrons. The van der Waals surface area contributed by atoms with Gasteiger partial charge in [-0.05, 0) is 48.9 Å². The van der Waals surface area contributed by atoms with Crippen molar-refractivity contribution in [2.75, 3.05) is 11.4 Å². The molecule has 0 atom stereocenters. The van der Waals surface area contributed by atoms with E-state index in [9.17, 15) is 9.90 Å². The first kappa shape index (κ1) is 18.9. The fourth-order valence-corrected chi connectivity index (χ4v) is 2.88. The summed E-state index contributed by atoms with van der Waals surface area (Å²) in [6.45, 7) is 2.63. The Labute approximate surface area is 162 Å². The Morgan fingerprint density at radius 2 is 2.00 bits per heavy atom. The molecule has 3 rings (SSSR count). The minimum atomic E-state index is -0.0245. The van der Waals surface area contributed by atoms with Crippen molar-refractivity contribution in [1.29, 1.82) is 0 Å². The summed E-state index contributed by atoms with van der Waals surface area (Å²) in [5.74, 6) is 0.972. The number of hydrogen-bond donors (Lipinski definition) is 1. The van der Waals surface area contributed by atoms with Gasteiger partial charge in [0.25, 0.3) is 0 Å². The summed E-state index contributed by atoms with van der Waals surface area (Å²) in [6.07, 6.45) is 1.44. The number of nitrogens with zero attached hydrogens (tertiary/aromatic N) is 3. The van der Waals surface area contributed by atoms with Crippen molar-refractivity contribution in [2.24, 2.45) is 0 Å². The van der Waals surface area contributed by atoms with Crippen LogP contribution in [-0.2, 0) is 11.2 Å². The molecule has 1 N–H and O–H groups in total. The van der Waals surface area contributed by atoms with Gasteiger partial charge in [0.05, 0.1) is 0 Å². The monoisotopic (exact) mass is 385 g/mol. The smallest absolute Gasteiger partial charge is 0.227 e. The molecular formula is C20H20ClN3O3. The average Bonchev–Trinajstić information content (AvgIpc) is 3.14. The lowest BCUT2D eigenvalue weighted by molar-refractivity contribution is -0.118. The fraction of sp³-hybridized carbons (Fsp3) is 0.250. The van der Waals surface area contributed by atoms with E-state index in [1.54, 1.807) is 41.3 Å². The molecule has 140 valence electrons. The van der Waals surface area contributed by atoms with Crippen molar-refractivity contribution < 1.29 is 14.4 Å². The van der Waals surface area contributed by atoms with Gasteiger partial charge < -0.3 is 14.5 Å². The van der Waals surface area contributed by atoms with Crippen LogP contribution in [0.15, 0.2) is 53.1 Å². The number of hydrogen-bond acceptors (Lipinski definition) is 5. The van der Waals surface area contributed by atoms with E-state index in [0.717, 1.165) is 17.7 Å². The topological polar surface area (TPSA) is 79.5 Å². The molecule has 0 aliphatic heterocycles. The molecule has 0 spiro atoms. The standard InChI is InChI=1S/C20H20ClN3O3/c1-2-12-24(16-5-3-4-15(21)13-16)19(26)11-10-18-22-20(23-27-18)14-6-8-17(25)9-7-14/h3-9,13,25H,2,10-12H2,1H3. The van der Waals surface area contributed by atoms with E-state index >= 15 is 0 Å². The number of phenolic OH excluding ortho intramolecular Hbond substituents is 1. The van der Waals surface area contributed by atoms with Crippen molar-refractivity contribution in [3.05, 3.63) is 59.4 Å². The molecule has 1 aromatic heterocycles. The van der Waals surface area contributed by atoms with E-state index in [1.807, 2.05) is 19.1 Å². The van der Waals surface area contributed by atoms with Crippen molar-refractivity contribution >= 4 is 23.2 Å². The van der Waals surface area contributed by atoms with E-state index < -0.39 is 0 Å². The van der Waals surface area contributed by atoms with Gasteiger partial charge in [-0.15, -0.1) is 0 Å². The van der Waals surface area contributed by atoms with Gasteiger partial charge in [0.2, 0.25) is 17.6 Å². The van der Waals surface area contributed by atoms with Crippen LogP contribution >= 0.6 is 11.6 Å². The molecular weight excluding hydrogens is 366 g/mol. The van der Waals surface area contributed by atoms with Crippen LogP contribution in [0, 0.1) is 0 Å². The maximum Gasteiger partial charge on any atom is 0.227 e. The SMILES string of the molecule is CCCN(C(=O)CCc1nc(-c2ccc(O)cc2)no1)c1cccc(Cl)c1. The van der Waals surface area contributed by atoms with Crippen LogP contribution in [-0.4, -0.2) is 27.7 Å². The van der Waals surface area contributed by atoms with Crippen LogP contribution in [0.25, 0.3) is 11.4 Å². The zero-order chi connectivity index (χ0) is 19.2. The van der Waals surface area contributed by atoms with Crippen LogP contribution in [0.2, 0.25) is 5.02 Å². The lowest BCUT2D eigenvalue weighted by atomic mass is 10.2. The summed E-state index contributed by atoms with van der Waals surface area (Å²) >= 11 is 6.05. The Balaban J connectivity index is 1.66. The minimum absolute atomic E-state index is 0.0245. The second-order valence-corrected chi connectivity index (χ2v) is 6.52. The highest BCUT2D eigenvalue weighted by Gasteiger charge is 2.17. The second-order valence-electron chi connectivity index (χ2n) is 6.08. The number of rotatable bonds is 7. The van der Waals surface area contributed by atoms with Crippen molar-refractivity contribution in [1.82, 2.24) is 10.1 Å². The number of aromatic hydroxyl groups is 1. The minimum Gasteiger partial charge on any atom is -0.508 e. The van der Waals surface area contributed by atoms with Crippen LogP contribution in [0.1, 0.15) is 25.7 Å². The summed E-state index contributed by atoms with van der Waals surface area (Å²) in [5.41, 5.74) is 1.52. The molecule has 0 bridgehead atoms. The van der Waals surface area contributed by atoms with E-state index in [4.69, 9.17) is 16.1 Å². The molecule has 0 fully saturated rings. The quantitative estimate of drug-likeness (QED) is 0.649. The lowest BCUT2D eigenvalue weighted by Crippen LogP contribution is -2.31. The first-order valence-electron chi connectivity index (χ1n) is 8.74. The number of carbonyl (C=O) groups excluding carboxylic acids is 1. The van der Waals surface area contributed by atoms with Crippen LogP contribution < -0.4 is 4.90 Å². The molecule has 27 heavy (non-hydrogen) atoms. The molecule has 1 amide bonds. The number of anilines is 1. The zero-order valence-corrected chi connectivity index (χ0v) is 15.7. The van der Waals surface area contributed by atoms with E-state index in [2.05, 4.69) is 10.1 Å². The largest absolute Gasteiger partial charge is 0.508 e. The van der Waals surface area contributed by atoms with Gasteiger partial charge in [0.1, 0.15) is 5.75 Å². The summed E-state index contributed by atoms with van der Waals surface area (Å²) in [7, 11) is 0. The van der Waals surface area contributed by atoms with Crippen LogP contribution in [0.4, 0.5) is 5.69 Å². The maximum absolute atomic E-state index is 12.7. The van der Waals surface area contributed by atoms with Crippen molar-refractivity contribution in [2.45, 2.75) is 26.2 Å². The Morgan fingerprint density at radius 1 is 1.22 bits per heavy atom. The highest BCUT2D eigenvalue weighted by atomic mass is 35.5. The molecule has 0 aliphatic carbocycles. The van der Waals surface area contributed by atoms with Crippen molar-refractivity contribution in [3.63, 3.8) is 0 Å². The van der Waals surface area contributed by atoms with Crippen LogP contribution in [0.5, 0.6) is 5.75 Å². The van der Waals surface area contributed by atoms with Crippen LogP contribution in [0.3, 0.4) is 0 Å². The number of carbonyl (C=O) groups is 1. The van der Waals surface area contributed by atoms with Gasteiger partial charge in [0, 0.05) is 35.7 Å². The lowest BCUT2D eigenvalue weighted by Gasteiger charge is -2.22. The van der Waals surface area contributed by atoms with Gasteiger partial charge >= 0.3 is 0 Å². The number of benzene rings is 2. The molecule has 0 saturated carbocycles. The first-order valence-corrected chi connectivity index (χ1v) is 9.12. The summed E-state index contributed by atoms with van der Waals surface area (Å²) in [4.78, 5) is 18.7. The maximum atomic E-state index is 12.7. The average molecular weight is 386 g/mol. The van der Waals surface area contributed by atoms with Gasteiger partial charge in [-0.1, -0.05) is 29.7 Å². The molecule has 0 saturated heterocycles. The molecule has 3 aromatic rings. The molecule has 6 nitrogen and oxygen atoms in total. The number of phenols is 1. The summed E-state index contributed by atoms with van der Waals surface area (Å²) in [5, 5.41) is 13.9. The van der Waals surface area contributed by atoms with E-state index in [1.165, 1.54) is 0 Å². The van der Waals surface area contributed by atoms with Gasteiger partial charge in [-0.3, -0.25) is 4.79 Å². The Hall–Kier alpha value is -2.86. The number of aromatic nitrogens is 2. The first-order chi connectivity index (χ1) is 13.1. The molecule has 1 heterocycles. The zero-order valence-electron chi connectivity index (χ0n) is 14.9. The summed E-state index contributed by atoms with van der Waals surface area (Å²) in [6, 6.07) is 13.8. The van der Waals surface area contributed by atoms with Gasteiger partial charge in [-0.2, -0.15) is 4.98 Å². The second kappa shape index (κ2) is 8.68. The Bertz CT molecular complexity index is 909. The Morgan fingerprint density at radius 3 is 2.70 bits per heavy atom. The highest BCUT2D eigenvalue weighted by molar-refractivity contribution is 6.30. The third-order valence-electron chi connectivity index (χ3n) is 4.01. The predicted molar refractivity (Wildman–Crippen MR) is 104 cm³/mol. The van der Waals surface area contributed by atoms with E-state index in [0.29, 0.717) is 29.7 Å². The van der Waals surface area contributed by atoms with Gasteiger partial charge in [0.15, 0.2) is 0 Å². The molecule has 7 heteroatoms. The molecule has 0 unspecified atom stereocenters. The van der Waals surface area contributed by atoms with Gasteiger partial charge in [-0.25, -0.2) is 0 Å². The molecule has 2 aromatic carbocycles. The molecule has 0 aliphatic rings.